The minimum Gasteiger partial charge on any atom is -0.487 e. The number of nitrogens with one attached hydrogen (secondary N) is 1. The van der Waals surface area contributed by atoms with Crippen molar-refractivity contribution in [2.75, 3.05) is 26.4 Å². The van der Waals surface area contributed by atoms with Crippen LogP contribution in [0.25, 0.3) is 10.2 Å². The van der Waals surface area contributed by atoms with Crippen molar-refractivity contribution in [3.63, 3.8) is 0 Å². The highest BCUT2D eigenvalue weighted by atomic mass is 32.1. The summed E-state index contributed by atoms with van der Waals surface area (Å²) in [5.74, 6) is -0.360. The number of amides is 1. The van der Waals surface area contributed by atoms with Crippen LogP contribution >= 0.6 is 11.3 Å². The van der Waals surface area contributed by atoms with Gasteiger partial charge in [-0.1, -0.05) is 11.3 Å². The zero-order chi connectivity index (χ0) is 22.7. The maximum atomic E-state index is 15.0. The minimum atomic E-state index is -1.49. The van der Waals surface area contributed by atoms with E-state index in [-0.39, 0.29) is 54.9 Å². The Labute approximate surface area is 189 Å². The molecule has 1 aliphatic heterocycles. The van der Waals surface area contributed by atoms with Gasteiger partial charge in [0.2, 0.25) is 5.91 Å². The molecular formula is C22H28F2N2O5S. The number of aromatic nitrogens is 1. The smallest absolute Gasteiger partial charge is 0.274 e. The molecule has 2 fully saturated rings. The number of hydrogen-bond acceptors (Lipinski definition) is 7. The predicted molar refractivity (Wildman–Crippen MR) is 116 cm³/mol. The third-order valence-corrected chi connectivity index (χ3v) is 6.54. The van der Waals surface area contributed by atoms with Gasteiger partial charge in [0.15, 0.2) is 17.2 Å². The fraction of sp³-hybridized carbons (Fsp3) is 0.636. The van der Waals surface area contributed by atoms with E-state index in [9.17, 15) is 9.18 Å². The van der Waals surface area contributed by atoms with Gasteiger partial charge in [0.1, 0.15) is 6.61 Å². The third-order valence-electron chi connectivity index (χ3n) is 5.56. The van der Waals surface area contributed by atoms with Gasteiger partial charge >= 0.3 is 0 Å². The Kier molecular flexibility index (Phi) is 7.11. The van der Waals surface area contributed by atoms with E-state index in [4.69, 9.17) is 18.9 Å². The van der Waals surface area contributed by atoms with Crippen LogP contribution in [0.5, 0.6) is 10.9 Å². The summed E-state index contributed by atoms with van der Waals surface area (Å²) in [5, 5.41) is 3.03. The van der Waals surface area contributed by atoms with Crippen molar-refractivity contribution in [2.45, 2.75) is 63.4 Å². The summed E-state index contributed by atoms with van der Waals surface area (Å²) in [4.78, 5) is 15.3. The molecule has 0 unspecified atom stereocenters. The van der Waals surface area contributed by atoms with Crippen LogP contribution in [0.1, 0.15) is 39.5 Å². The van der Waals surface area contributed by atoms with E-state index in [1.165, 1.54) is 6.92 Å². The van der Waals surface area contributed by atoms with E-state index in [0.29, 0.717) is 16.8 Å². The van der Waals surface area contributed by atoms with Gasteiger partial charge in [-0.3, -0.25) is 4.79 Å². The van der Waals surface area contributed by atoms with Gasteiger partial charge in [0.25, 0.3) is 5.19 Å². The second-order valence-electron chi connectivity index (χ2n) is 8.59. The average molecular weight is 471 g/mol. The van der Waals surface area contributed by atoms with E-state index in [2.05, 4.69) is 10.3 Å². The Hall–Kier alpha value is -2.04. The van der Waals surface area contributed by atoms with Gasteiger partial charge in [0.05, 0.1) is 42.2 Å². The van der Waals surface area contributed by atoms with Crippen molar-refractivity contribution in [3.05, 3.63) is 17.9 Å². The lowest BCUT2D eigenvalue weighted by molar-refractivity contribution is -0.146. The summed E-state index contributed by atoms with van der Waals surface area (Å²) in [6, 6.07) is 3.23. The number of fused-ring (bicyclic) bond motifs is 1. The molecule has 4 rings (SSSR count). The second kappa shape index (κ2) is 9.84. The van der Waals surface area contributed by atoms with Crippen LogP contribution in [0, 0.1) is 5.82 Å². The summed E-state index contributed by atoms with van der Waals surface area (Å²) in [5.41, 5.74) is -1.03. The number of ether oxygens (including phenoxy) is 4. The molecule has 1 saturated heterocycles. The third kappa shape index (κ3) is 5.65. The summed E-state index contributed by atoms with van der Waals surface area (Å²) in [6.07, 6.45) is 3.16. The molecule has 2 heterocycles. The highest BCUT2D eigenvalue weighted by molar-refractivity contribution is 7.20. The van der Waals surface area contributed by atoms with Crippen molar-refractivity contribution in [1.82, 2.24) is 10.3 Å². The fourth-order valence-corrected chi connectivity index (χ4v) is 4.68. The molecule has 32 heavy (non-hydrogen) atoms. The van der Waals surface area contributed by atoms with E-state index >= 15 is 4.39 Å². The zero-order valence-electron chi connectivity index (χ0n) is 18.2. The van der Waals surface area contributed by atoms with Gasteiger partial charge in [-0.2, -0.15) is 0 Å². The summed E-state index contributed by atoms with van der Waals surface area (Å²) >= 11 is 1.04. The first-order valence-electron chi connectivity index (χ1n) is 10.9. The molecule has 1 atom stereocenters. The molecule has 2 aromatic rings. The van der Waals surface area contributed by atoms with Crippen LogP contribution < -0.4 is 14.8 Å². The van der Waals surface area contributed by atoms with E-state index in [1.54, 1.807) is 12.1 Å². The second-order valence-corrected chi connectivity index (χ2v) is 9.55. The lowest BCUT2D eigenvalue weighted by atomic mass is 9.95. The Bertz CT molecular complexity index is 944. The molecule has 0 radical (unpaired) electrons. The van der Waals surface area contributed by atoms with E-state index in [1.807, 2.05) is 6.92 Å². The van der Waals surface area contributed by atoms with Crippen molar-refractivity contribution < 1.29 is 32.5 Å². The van der Waals surface area contributed by atoms with Crippen LogP contribution in [0.2, 0.25) is 0 Å². The maximum Gasteiger partial charge on any atom is 0.274 e. The van der Waals surface area contributed by atoms with Gasteiger partial charge in [-0.15, -0.1) is 0 Å². The Morgan fingerprint density at radius 2 is 2.03 bits per heavy atom. The highest BCUT2D eigenvalue weighted by Gasteiger charge is 2.40. The molecule has 1 N–H and O–H groups in total. The SMILES string of the molecule is CC(=O)N[C@@H](C)COC1CCC(Oc2ccc3nc(OCC4(F)COC4)sc3c2F)CC1. The van der Waals surface area contributed by atoms with Gasteiger partial charge in [-0.25, -0.2) is 13.8 Å². The summed E-state index contributed by atoms with van der Waals surface area (Å²) in [6.45, 7) is 3.71. The highest BCUT2D eigenvalue weighted by Crippen LogP contribution is 2.36. The predicted octanol–water partition coefficient (Wildman–Crippen LogP) is 3.78. The fourth-order valence-electron chi connectivity index (χ4n) is 3.84. The van der Waals surface area contributed by atoms with Crippen LogP contribution in [0.3, 0.4) is 0 Å². The molecule has 1 aromatic heterocycles. The molecule has 10 heteroatoms. The molecule has 1 amide bonds. The minimum absolute atomic E-state index is 0.00581. The number of alkyl halides is 1. The molecule has 1 aliphatic carbocycles. The lowest BCUT2D eigenvalue weighted by Crippen LogP contribution is -2.50. The molecule has 1 aromatic carbocycles. The van der Waals surface area contributed by atoms with Crippen LogP contribution in [-0.4, -0.2) is 61.2 Å². The number of nitrogens with zero attached hydrogens (tertiary/aromatic N) is 1. The Morgan fingerprint density at radius 3 is 2.69 bits per heavy atom. The van der Waals surface area contributed by atoms with E-state index in [0.717, 1.165) is 37.0 Å². The van der Waals surface area contributed by atoms with Crippen LogP contribution in [0.15, 0.2) is 12.1 Å². The van der Waals surface area contributed by atoms with Gasteiger partial charge in [0, 0.05) is 13.0 Å². The number of halogens is 2. The molecular weight excluding hydrogens is 442 g/mol. The quantitative estimate of drug-likeness (QED) is 0.601. The molecule has 1 saturated carbocycles. The average Bonchev–Trinajstić information content (AvgIpc) is 3.16. The Balaban J connectivity index is 1.28. The molecule has 0 bridgehead atoms. The number of benzene rings is 1. The van der Waals surface area contributed by atoms with Crippen LogP contribution in [0.4, 0.5) is 8.78 Å². The monoisotopic (exact) mass is 470 g/mol. The molecule has 7 nitrogen and oxygen atoms in total. The summed E-state index contributed by atoms with van der Waals surface area (Å²) in [7, 11) is 0. The first-order valence-corrected chi connectivity index (χ1v) is 11.7. The largest absolute Gasteiger partial charge is 0.487 e. The van der Waals surface area contributed by atoms with Crippen molar-refractivity contribution in [2.24, 2.45) is 0 Å². The molecule has 2 aliphatic rings. The first kappa shape index (κ1) is 23.1. The first-order chi connectivity index (χ1) is 15.3. The van der Waals surface area contributed by atoms with Crippen molar-refractivity contribution in [1.29, 1.82) is 0 Å². The number of carbonyl (C=O) groups is 1. The van der Waals surface area contributed by atoms with Crippen LogP contribution in [-0.2, 0) is 14.3 Å². The number of hydrogen-bond donors (Lipinski definition) is 1. The molecule has 176 valence electrons. The number of thiazole rings is 1. The van der Waals surface area contributed by atoms with Gasteiger partial charge in [-0.05, 0) is 44.7 Å². The number of rotatable bonds is 9. The van der Waals surface area contributed by atoms with Crippen molar-refractivity contribution in [3.8, 4) is 10.9 Å². The van der Waals surface area contributed by atoms with Gasteiger partial charge < -0.3 is 24.3 Å². The van der Waals surface area contributed by atoms with Crippen molar-refractivity contribution >= 4 is 27.5 Å². The Morgan fingerprint density at radius 1 is 1.31 bits per heavy atom. The topological polar surface area (TPSA) is 78.9 Å². The van der Waals surface area contributed by atoms with E-state index < -0.39 is 11.5 Å². The lowest BCUT2D eigenvalue weighted by Gasteiger charge is -2.32. The zero-order valence-corrected chi connectivity index (χ0v) is 19.0. The number of carbonyl (C=O) groups excluding carboxylic acids is 1. The molecule has 0 spiro atoms. The maximum absolute atomic E-state index is 15.0. The standard InChI is InChI=1S/C22H28F2N2O5S/c1-13(25-14(2)27)9-29-15-3-5-16(6-4-15)31-18-8-7-17-20(19(18)23)32-21(26-17)30-12-22(24)10-28-11-22/h7-8,13,15-16H,3-6,9-12H2,1-2H3,(H,25,27)/t13-,15?,16?/m0/s1. The summed E-state index contributed by atoms with van der Waals surface area (Å²) < 4.78 is 51.5. The normalized spacial score (nSPS) is 23.4.